The Balaban J connectivity index is 2.17. The van der Waals surface area contributed by atoms with Crippen LogP contribution >= 0.6 is 0 Å². The van der Waals surface area contributed by atoms with Crippen LogP contribution in [-0.4, -0.2) is 39.4 Å². The highest BCUT2D eigenvalue weighted by molar-refractivity contribution is 5.82. The number of rotatable bonds is 8. The summed E-state index contributed by atoms with van der Waals surface area (Å²) in [6, 6.07) is 4.45. The van der Waals surface area contributed by atoms with Crippen LogP contribution in [0.5, 0.6) is 5.75 Å². The summed E-state index contributed by atoms with van der Waals surface area (Å²) in [6.07, 6.45) is 1.58. The van der Waals surface area contributed by atoms with E-state index < -0.39 is 4.92 Å². The number of anilines is 1. The minimum Gasteiger partial charge on any atom is -0.487 e. The first kappa shape index (κ1) is 19.1. The maximum atomic E-state index is 11.9. The third kappa shape index (κ3) is 4.63. The molecule has 0 aliphatic rings. The van der Waals surface area contributed by atoms with Gasteiger partial charge in [0.05, 0.1) is 23.4 Å². The zero-order chi connectivity index (χ0) is 19.1. The Morgan fingerprint density at radius 2 is 2.27 bits per heavy atom. The lowest BCUT2D eigenvalue weighted by atomic mass is 10.2. The van der Waals surface area contributed by atoms with Crippen LogP contribution in [0, 0.1) is 17.0 Å². The predicted molar refractivity (Wildman–Crippen MR) is 95.9 cm³/mol. The van der Waals surface area contributed by atoms with E-state index >= 15 is 0 Å². The fourth-order valence-electron chi connectivity index (χ4n) is 2.27. The summed E-state index contributed by atoms with van der Waals surface area (Å²) in [6.45, 7) is 3.57. The summed E-state index contributed by atoms with van der Waals surface area (Å²) in [5, 5.41) is 24.0. The third-order valence-corrected chi connectivity index (χ3v) is 3.45. The van der Waals surface area contributed by atoms with Crippen LogP contribution in [0.15, 0.2) is 28.1 Å². The molecule has 2 aromatic rings. The summed E-state index contributed by atoms with van der Waals surface area (Å²) in [7, 11) is 0. The summed E-state index contributed by atoms with van der Waals surface area (Å²) >= 11 is 0. The Morgan fingerprint density at radius 3 is 2.88 bits per heavy atom. The average molecular weight is 361 g/mol. The Kier molecular flexibility index (Phi) is 6.39. The van der Waals surface area contributed by atoms with Crippen LogP contribution < -0.4 is 15.7 Å². The van der Waals surface area contributed by atoms with E-state index in [-0.39, 0.29) is 36.0 Å². The van der Waals surface area contributed by atoms with Crippen LogP contribution in [0.25, 0.3) is 0 Å². The number of aromatic nitrogens is 2. The molecule has 2 rings (SSSR count). The molecule has 1 heterocycles. The monoisotopic (exact) mass is 361 g/mol. The topological polar surface area (TPSA) is 143 Å². The van der Waals surface area contributed by atoms with Gasteiger partial charge in [-0.15, -0.1) is 0 Å². The van der Waals surface area contributed by atoms with Crippen LogP contribution in [0.3, 0.4) is 0 Å². The molecule has 0 radical (unpaired) electrons. The van der Waals surface area contributed by atoms with E-state index in [0.717, 1.165) is 0 Å². The van der Waals surface area contributed by atoms with Gasteiger partial charge < -0.3 is 9.84 Å². The number of aliphatic hydroxyl groups excluding tert-OH is 1. The van der Waals surface area contributed by atoms with Crippen LogP contribution in [-0.2, 0) is 6.42 Å². The first-order chi connectivity index (χ1) is 12.5. The number of aliphatic hydroxyl groups is 1. The predicted octanol–water partition coefficient (Wildman–Crippen LogP) is 1.37. The maximum absolute atomic E-state index is 11.9. The number of nitro groups is 1. The Bertz CT molecular complexity index is 878. The van der Waals surface area contributed by atoms with Crippen LogP contribution in [0.2, 0.25) is 0 Å². The highest BCUT2D eigenvalue weighted by Gasteiger charge is 2.15. The van der Waals surface area contributed by atoms with Gasteiger partial charge in [-0.3, -0.25) is 19.9 Å². The number of ether oxygens (including phenoxy) is 1. The van der Waals surface area contributed by atoms with Crippen molar-refractivity contribution in [1.29, 1.82) is 0 Å². The lowest BCUT2D eigenvalue weighted by Gasteiger charge is -2.06. The molecule has 1 aromatic heterocycles. The molecule has 0 amide bonds. The molecule has 0 atom stereocenters. The smallest absolute Gasteiger partial charge is 0.311 e. The van der Waals surface area contributed by atoms with Crippen molar-refractivity contribution in [2.24, 2.45) is 5.10 Å². The van der Waals surface area contributed by atoms with Gasteiger partial charge >= 0.3 is 5.69 Å². The summed E-state index contributed by atoms with van der Waals surface area (Å²) in [5.41, 5.74) is 3.42. The third-order valence-electron chi connectivity index (χ3n) is 3.45. The molecule has 10 heteroatoms. The van der Waals surface area contributed by atoms with E-state index in [2.05, 4.69) is 20.5 Å². The highest BCUT2D eigenvalue weighted by atomic mass is 16.6. The Labute approximate surface area is 148 Å². The van der Waals surface area contributed by atoms with Gasteiger partial charge in [0, 0.05) is 30.2 Å². The molecule has 0 fully saturated rings. The number of benzene rings is 1. The molecule has 0 aliphatic heterocycles. The van der Waals surface area contributed by atoms with Crippen molar-refractivity contribution in [3.63, 3.8) is 0 Å². The van der Waals surface area contributed by atoms with Crippen LogP contribution in [0.1, 0.15) is 23.7 Å². The van der Waals surface area contributed by atoms with Crippen molar-refractivity contribution in [2.45, 2.75) is 20.3 Å². The second-order valence-electron chi connectivity index (χ2n) is 5.24. The molecule has 0 aliphatic carbocycles. The molecule has 0 spiro atoms. The van der Waals surface area contributed by atoms with Crippen molar-refractivity contribution in [1.82, 2.24) is 9.97 Å². The van der Waals surface area contributed by atoms with Crippen molar-refractivity contribution in [3.05, 3.63) is 55.5 Å². The SMILES string of the molecule is CCOc1ccc(/C=N\Nc2nc(C)c(CCO)c(=O)[nH]2)cc1[N+](=O)[O-]. The van der Waals surface area contributed by atoms with Crippen molar-refractivity contribution >= 4 is 17.9 Å². The lowest BCUT2D eigenvalue weighted by Crippen LogP contribution is -2.19. The first-order valence-electron chi connectivity index (χ1n) is 7.87. The number of aryl methyl sites for hydroxylation is 1. The number of nitrogens with one attached hydrogen (secondary N) is 2. The maximum Gasteiger partial charge on any atom is 0.311 e. The number of hydrogen-bond acceptors (Lipinski definition) is 8. The zero-order valence-corrected chi connectivity index (χ0v) is 14.4. The van der Waals surface area contributed by atoms with Gasteiger partial charge in [0.2, 0.25) is 5.95 Å². The normalized spacial score (nSPS) is 10.9. The Hall–Kier alpha value is -3.27. The second-order valence-corrected chi connectivity index (χ2v) is 5.24. The first-order valence-corrected chi connectivity index (χ1v) is 7.87. The van der Waals surface area contributed by atoms with Gasteiger partial charge in [-0.2, -0.15) is 5.10 Å². The Morgan fingerprint density at radius 1 is 1.50 bits per heavy atom. The van der Waals surface area contributed by atoms with Gasteiger partial charge in [-0.1, -0.05) is 0 Å². The lowest BCUT2D eigenvalue weighted by molar-refractivity contribution is -0.385. The molecule has 1 aromatic carbocycles. The number of nitro benzene ring substituents is 1. The number of H-pyrrole nitrogens is 1. The zero-order valence-electron chi connectivity index (χ0n) is 14.4. The summed E-state index contributed by atoms with van der Waals surface area (Å²) in [4.78, 5) is 29.1. The molecule has 0 saturated carbocycles. The fourth-order valence-corrected chi connectivity index (χ4v) is 2.27. The standard InChI is InChI=1S/C16H19N5O5/c1-3-26-14-5-4-11(8-13(14)21(24)25)9-17-20-16-18-10(2)12(6-7-22)15(23)19-16/h4-5,8-9,22H,3,6-7H2,1-2H3,(H2,18,19,20,23)/b17-9-. The molecule has 138 valence electrons. The van der Waals surface area contributed by atoms with Gasteiger partial charge in [-0.05, 0) is 26.0 Å². The van der Waals surface area contributed by atoms with E-state index in [0.29, 0.717) is 23.4 Å². The minimum atomic E-state index is -0.530. The highest BCUT2D eigenvalue weighted by Crippen LogP contribution is 2.27. The van der Waals surface area contributed by atoms with Gasteiger partial charge in [0.1, 0.15) is 0 Å². The number of hydrogen-bond donors (Lipinski definition) is 3. The van der Waals surface area contributed by atoms with Gasteiger partial charge in [0.15, 0.2) is 5.75 Å². The van der Waals surface area contributed by atoms with Crippen molar-refractivity contribution in [3.8, 4) is 5.75 Å². The van der Waals surface area contributed by atoms with E-state index in [1.54, 1.807) is 19.9 Å². The number of aromatic amines is 1. The van der Waals surface area contributed by atoms with Crippen molar-refractivity contribution < 1.29 is 14.8 Å². The minimum absolute atomic E-state index is 0.130. The van der Waals surface area contributed by atoms with Gasteiger partial charge in [-0.25, -0.2) is 10.4 Å². The summed E-state index contributed by atoms with van der Waals surface area (Å²) in [5.74, 6) is 0.314. The largest absolute Gasteiger partial charge is 0.487 e. The molecule has 26 heavy (non-hydrogen) atoms. The van der Waals surface area contributed by atoms with Gasteiger partial charge in [0.25, 0.3) is 5.56 Å². The molecular weight excluding hydrogens is 342 g/mol. The second kappa shape index (κ2) is 8.72. The van der Waals surface area contributed by atoms with E-state index in [4.69, 9.17) is 9.84 Å². The molecule has 3 N–H and O–H groups in total. The van der Waals surface area contributed by atoms with E-state index in [9.17, 15) is 14.9 Å². The molecular formula is C16H19N5O5. The molecule has 0 saturated heterocycles. The van der Waals surface area contributed by atoms with E-state index in [1.807, 2.05) is 0 Å². The number of nitrogens with zero attached hydrogens (tertiary/aromatic N) is 3. The molecule has 10 nitrogen and oxygen atoms in total. The van der Waals surface area contributed by atoms with Crippen molar-refractivity contribution in [2.75, 3.05) is 18.6 Å². The van der Waals surface area contributed by atoms with E-state index in [1.165, 1.54) is 18.3 Å². The quantitative estimate of drug-likeness (QED) is 0.366. The molecule has 0 unspecified atom stereocenters. The number of hydrazone groups is 1. The average Bonchev–Trinajstić information content (AvgIpc) is 2.59. The molecule has 0 bridgehead atoms. The summed E-state index contributed by atoms with van der Waals surface area (Å²) < 4.78 is 5.22. The van der Waals surface area contributed by atoms with Crippen LogP contribution in [0.4, 0.5) is 11.6 Å². The fraction of sp³-hybridized carbons (Fsp3) is 0.312.